The first kappa shape index (κ1) is 17.9. The van der Waals surface area contributed by atoms with Crippen molar-refractivity contribution >= 4 is 0 Å². The molecule has 0 radical (unpaired) electrons. The lowest BCUT2D eigenvalue weighted by molar-refractivity contribution is 0.0428. The van der Waals surface area contributed by atoms with Gasteiger partial charge in [0.05, 0.1) is 5.60 Å². The van der Waals surface area contributed by atoms with Crippen molar-refractivity contribution in [3.05, 3.63) is 0 Å². The third kappa shape index (κ3) is 6.55. The number of hydrogen-bond acceptors (Lipinski definition) is 3. The van der Waals surface area contributed by atoms with Gasteiger partial charge in [0.15, 0.2) is 0 Å². The number of hydrogen-bond donors (Lipinski definition) is 2. The van der Waals surface area contributed by atoms with Crippen LogP contribution in [-0.2, 0) is 0 Å². The molecule has 1 aliphatic rings. The van der Waals surface area contributed by atoms with Gasteiger partial charge in [-0.2, -0.15) is 0 Å². The Balaban J connectivity index is 2.45. The molecule has 0 aromatic heterocycles. The third-order valence-electron chi connectivity index (χ3n) is 4.72. The van der Waals surface area contributed by atoms with Gasteiger partial charge in [-0.05, 0) is 57.0 Å². The van der Waals surface area contributed by atoms with Gasteiger partial charge in [-0.25, -0.2) is 0 Å². The van der Waals surface area contributed by atoms with Gasteiger partial charge in [-0.1, -0.05) is 27.7 Å². The summed E-state index contributed by atoms with van der Waals surface area (Å²) in [6, 6.07) is 0. The van der Waals surface area contributed by atoms with Crippen LogP contribution in [0.25, 0.3) is 0 Å². The molecule has 3 nitrogen and oxygen atoms in total. The van der Waals surface area contributed by atoms with Gasteiger partial charge in [0.1, 0.15) is 0 Å². The van der Waals surface area contributed by atoms with Crippen molar-refractivity contribution in [3.63, 3.8) is 0 Å². The lowest BCUT2D eigenvalue weighted by Gasteiger charge is -2.35. The van der Waals surface area contributed by atoms with Crippen molar-refractivity contribution in [1.82, 2.24) is 10.2 Å². The predicted octanol–water partition coefficient (Wildman–Crippen LogP) is 2.89. The van der Waals surface area contributed by atoms with Crippen molar-refractivity contribution in [2.45, 2.75) is 65.9 Å². The van der Waals surface area contributed by atoms with Gasteiger partial charge < -0.3 is 15.3 Å². The number of rotatable bonds is 7. The van der Waals surface area contributed by atoms with Gasteiger partial charge in [-0.15, -0.1) is 0 Å². The topological polar surface area (TPSA) is 35.5 Å². The van der Waals surface area contributed by atoms with Crippen LogP contribution in [0.4, 0.5) is 0 Å². The highest BCUT2D eigenvalue weighted by molar-refractivity contribution is 4.84. The molecule has 0 aliphatic carbocycles. The molecule has 0 saturated carbocycles. The molecule has 3 heteroatoms. The summed E-state index contributed by atoms with van der Waals surface area (Å²) in [5.74, 6) is 0.712. The highest BCUT2D eigenvalue weighted by Crippen LogP contribution is 2.26. The average Bonchev–Trinajstić information content (AvgIpc) is 2.50. The van der Waals surface area contributed by atoms with Crippen LogP contribution >= 0.6 is 0 Å². The van der Waals surface area contributed by atoms with E-state index < -0.39 is 5.60 Å². The average molecular weight is 284 g/mol. The maximum atomic E-state index is 10.2. The van der Waals surface area contributed by atoms with Crippen LogP contribution in [0.2, 0.25) is 0 Å². The van der Waals surface area contributed by atoms with Crippen LogP contribution in [-0.4, -0.2) is 48.3 Å². The molecule has 1 fully saturated rings. The molecular formula is C17H36N2O. The van der Waals surface area contributed by atoms with E-state index in [-0.39, 0.29) is 0 Å². The molecule has 20 heavy (non-hydrogen) atoms. The van der Waals surface area contributed by atoms with E-state index in [0.29, 0.717) is 11.3 Å². The molecule has 0 aromatic carbocycles. The summed E-state index contributed by atoms with van der Waals surface area (Å²) in [6.45, 7) is 16.7. The highest BCUT2D eigenvalue weighted by Gasteiger charge is 2.29. The van der Waals surface area contributed by atoms with Crippen LogP contribution in [0, 0.1) is 11.3 Å². The number of nitrogens with one attached hydrogen (secondary N) is 1. The third-order valence-corrected chi connectivity index (χ3v) is 4.72. The second-order valence-electron chi connectivity index (χ2n) is 7.82. The van der Waals surface area contributed by atoms with Crippen molar-refractivity contribution in [2.75, 3.05) is 32.7 Å². The molecule has 120 valence electrons. The quantitative estimate of drug-likeness (QED) is 0.754. The van der Waals surface area contributed by atoms with E-state index >= 15 is 0 Å². The molecule has 1 rings (SSSR count). The zero-order valence-corrected chi connectivity index (χ0v) is 14.3. The normalized spacial score (nSPS) is 28.4. The maximum Gasteiger partial charge on any atom is 0.0632 e. The molecule has 2 atom stereocenters. The van der Waals surface area contributed by atoms with Crippen LogP contribution in [0.3, 0.4) is 0 Å². The maximum absolute atomic E-state index is 10.2. The SMILES string of the molecule is CCC(C)(CNCC(C)C)CN1CCCC(C)(O)CC1. The number of aliphatic hydroxyl groups is 1. The second-order valence-corrected chi connectivity index (χ2v) is 7.82. The Bertz CT molecular complexity index is 278. The standard InChI is InChI=1S/C17H36N2O/c1-6-16(4,13-18-12-15(2)3)14-19-10-7-8-17(5,20)9-11-19/h15,18,20H,6-14H2,1-5H3. The van der Waals surface area contributed by atoms with Crippen molar-refractivity contribution in [2.24, 2.45) is 11.3 Å². The summed E-state index contributed by atoms with van der Waals surface area (Å²) < 4.78 is 0. The van der Waals surface area contributed by atoms with Crippen LogP contribution in [0.5, 0.6) is 0 Å². The Hall–Kier alpha value is -0.120. The largest absolute Gasteiger partial charge is 0.390 e. The Morgan fingerprint density at radius 2 is 2.00 bits per heavy atom. The molecule has 0 spiro atoms. The van der Waals surface area contributed by atoms with E-state index in [1.54, 1.807) is 0 Å². The van der Waals surface area contributed by atoms with Gasteiger partial charge in [0.25, 0.3) is 0 Å². The van der Waals surface area contributed by atoms with E-state index in [1.807, 2.05) is 6.92 Å². The molecule has 1 aliphatic heterocycles. The molecule has 0 amide bonds. The first-order valence-corrected chi connectivity index (χ1v) is 8.42. The van der Waals surface area contributed by atoms with Gasteiger partial charge in [0.2, 0.25) is 0 Å². The van der Waals surface area contributed by atoms with E-state index in [2.05, 4.69) is 37.9 Å². The Kier molecular flexibility index (Phi) is 6.96. The highest BCUT2D eigenvalue weighted by atomic mass is 16.3. The van der Waals surface area contributed by atoms with Crippen molar-refractivity contribution in [1.29, 1.82) is 0 Å². The van der Waals surface area contributed by atoms with Gasteiger partial charge in [-0.3, -0.25) is 0 Å². The minimum atomic E-state index is -0.451. The van der Waals surface area contributed by atoms with Gasteiger partial charge in [0, 0.05) is 19.6 Å². The van der Waals surface area contributed by atoms with Crippen LogP contribution in [0.15, 0.2) is 0 Å². The first-order valence-electron chi connectivity index (χ1n) is 8.42. The molecular weight excluding hydrogens is 248 g/mol. The molecule has 1 heterocycles. The summed E-state index contributed by atoms with van der Waals surface area (Å²) in [6.07, 6.45) is 4.17. The van der Waals surface area contributed by atoms with Crippen LogP contribution < -0.4 is 5.32 Å². The van der Waals surface area contributed by atoms with Gasteiger partial charge >= 0.3 is 0 Å². The Morgan fingerprint density at radius 3 is 2.60 bits per heavy atom. The van der Waals surface area contributed by atoms with E-state index in [0.717, 1.165) is 52.0 Å². The molecule has 0 bridgehead atoms. The minimum absolute atomic E-state index is 0.338. The number of nitrogens with zero attached hydrogens (tertiary/aromatic N) is 1. The van der Waals surface area contributed by atoms with E-state index in [1.165, 1.54) is 6.42 Å². The summed E-state index contributed by atoms with van der Waals surface area (Å²) in [7, 11) is 0. The zero-order valence-electron chi connectivity index (χ0n) is 14.3. The molecule has 2 unspecified atom stereocenters. The van der Waals surface area contributed by atoms with Crippen molar-refractivity contribution in [3.8, 4) is 0 Å². The van der Waals surface area contributed by atoms with E-state index in [4.69, 9.17) is 0 Å². The smallest absolute Gasteiger partial charge is 0.0632 e. The first-order chi connectivity index (χ1) is 9.26. The lowest BCUT2D eigenvalue weighted by atomic mass is 9.86. The van der Waals surface area contributed by atoms with E-state index in [9.17, 15) is 5.11 Å². The second kappa shape index (κ2) is 7.77. The minimum Gasteiger partial charge on any atom is -0.390 e. The Morgan fingerprint density at radius 1 is 1.30 bits per heavy atom. The molecule has 1 saturated heterocycles. The summed E-state index contributed by atoms with van der Waals surface area (Å²) >= 11 is 0. The fourth-order valence-electron chi connectivity index (χ4n) is 2.97. The summed E-state index contributed by atoms with van der Waals surface area (Å²) in [5, 5.41) is 13.8. The zero-order chi connectivity index (χ0) is 15.2. The predicted molar refractivity (Wildman–Crippen MR) is 87.0 cm³/mol. The number of likely N-dealkylation sites (tertiary alicyclic amines) is 1. The fourth-order valence-corrected chi connectivity index (χ4v) is 2.97. The monoisotopic (exact) mass is 284 g/mol. The fraction of sp³-hybridized carbons (Fsp3) is 1.00. The Labute approximate surface area is 126 Å². The summed E-state index contributed by atoms with van der Waals surface area (Å²) in [4.78, 5) is 2.56. The van der Waals surface area contributed by atoms with Crippen LogP contribution in [0.1, 0.15) is 60.3 Å². The van der Waals surface area contributed by atoms with Crippen molar-refractivity contribution < 1.29 is 5.11 Å². The lowest BCUT2D eigenvalue weighted by Crippen LogP contribution is -2.43. The summed E-state index contributed by atoms with van der Waals surface area (Å²) in [5.41, 5.74) is -0.113. The molecule has 2 N–H and O–H groups in total. The molecule has 0 aromatic rings.